The van der Waals surface area contributed by atoms with Crippen LogP contribution in [-0.4, -0.2) is 33.2 Å². The van der Waals surface area contributed by atoms with E-state index < -0.39 is 0 Å². The zero-order valence-corrected chi connectivity index (χ0v) is 10.7. The molecule has 2 heterocycles. The van der Waals surface area contributed by atoms with E-state index in [0.29, 0.717) is 5.25 Å². The van der Waals surface area contributed by atoms with Crippen LogP contribution in [0.3, 0.4) is 0 Å². The third kappa shape index (κ3) is 3.71. The minimum Gasteiger partial charge on any atom is -0.313 e. The van der Waals surface area contributed by atoms with Crippen LogP contribution in [0.5, 0.6) is 0 Å². The highest BCUT2D eigenvalue weighted by atomic mass is 32.2. The monoisotopic (exact) mass is 251 g/mol. The summed E-state index contributed by atoms with van der Waals surface area (Å²) >= 11 is 1.44. The Hall–Kier alpha value is -1.07. The molecule has 1 N–H and O–H groups in total. The minimum absolute atomic E-state index is 0.196. The predicted molar refractivity (Wildman–Crippen MR) is 69.9 cm³/mol. The molecule has 0 spiro atoms. The summed E-state index contributed by atoms with van der Waals surface area (Å²) < 4.78 is 1.89. The first kappa shape index (κ1) is 12.4. The maximum Gasteiger partial charge on any atom is 0.186 e. The van der Waals surface area contributed by atoms with Gasteiger partial charge in [-0.2, -0.15) is 5.10 Å². The van der Waals surface area contributed by atoms with Crippen molar-refractivity contribution in [2.24, 2.45) is 0 Å². The molecule has 4 nitrogen and oxygen atoms in total. The average molecular weight is 251 g/mol. The van der Waals surface area contributed by atoms with Crippen LogP contribution >= 0.6 is 11.8 Å². The molecule has 17 heavy (non-hydrogen) atoms. The molecule has 1 saturated heterocycles. The van der Waals surface area contributed by atoms with Gasteiger partial charge in [0.05, 0.1) is 6.54 Å². The van der Waals surface area contributed by atoms with Crippen molar-refractivity contribution in [2.45, 2.75) is 25.1 Å². The lowest BCUT2D eigenvalue weighted by molar-refractivity contribution is -0.109. The molecule has 1 fully saturated rings. The van der Waals surface area contributed by atoms with E-state index in [-0.39, 0.29) is 5.12 Å². The number of aromatic nitrogens is 2. The van der Waals surface area contributed by atoms with Crippen molar-refractivity contribution in [2.75, 3.05) is 13.1 Å². The second-order valence-corrected chi connectivity index (χ2v) is 5.45. The van der Waals surface area contributed by atoms with Crippen LogP contribution in [0.4, 0.5) is 0 Å². The highest BCUT2D eigenvalue weighted by molar-refractivity contribution is 8.14. The van der Waals surface area contributed by atoms with Gasteiger partial charge in [0.25, 0.3) is 0 Å². The van der Waals surface area contributed by atoms with E-state index in [0.717, 1.165) is 26.1 Å². The Morgan fingerprint density at radius 3 is 3.35 bits per heavy atom. The maximum atomic E-state index is 11.2. The van der Waals surface area contributed by atoms with Crippen LogP contribution in [-0.2, 0) is 11.3 Å². The van der Waals surface area contributed by atoms with Crippen molar-refractivity contribution < 1.29 is 4.79 Å². The Bertz CT molecular complexity index is 400. The van der Waals surface area contributed by atoms with E-state index in [1.165, 1.54) is 17.3 Å². The lowest BCUT2D eigenvalue weighted by atomic mass is 10.1. The zero-order valence-electron chi connectivity index (χ0n) is 9.93. The van der Waals surface area contributed by atoms with Crippen molar-refractivity contribution in [3.05, 3.63) is 30.1 Å². The number of hydrogen-bond acceptors (Lipinski definition) is 4. The van der Waals surface area contributed by atoms with Gasteiger partial charge < -0.3 is 5.32 Å². The topological polar surface area (TPSA) is 46.9 Å². The van der Waals surface area contributed by atoms with Crippen molar-refractivity contribution >= 4 is 16.9 Å². The number of hydrogen-bond donors (Lipinski definition) is 1. The van der Waals surface area contributed by atoms with Crippen molar-refractivity contribution in [1.82, 2.24) is 15.1 Å². The van der Waals surface area contributed by atoms with Gasteiger partial charge in [-0.05, 0) is 24.6 Å². The first-order chi connectivity index (χ1) is 8.25. The van der Waals surface area contributed by atoms with Crippen molar-refractivity contribution in [1.29, 1.82) is 0 Å². The first-order valence-electron chi connectivity index (χ1n) is 5.80. The summed E-state index contributed by atoms with van der Waals surface area (Å²) in [5.41, 5.74) is 1.31. The molecule has 0 aliphatic carbocycles. The Labute approximate surface area is 105 Å². The van der Waals surface area contributed by atoms with Gasteiger partial charge >= 0.3 is 0 Å². The predicted octanol–water partition coefficient (Wildman–Crippen LogP) is 1.45. The number of nitrogens with one attached hydrogen (secondary N) is 1. The molecule has 0 aromatic carbocycles. The molecule has 0 saturated carbocycles. The van der Waals surface area contributed by atoms with Gasteiger partial charge in [-0.1, -0.05) is 17.8 Å². The lowest BCUT2D eigenvalue weighted by Crippen LogP contribution is -2.32. The van der Waals surface area contributed by atoms with Crippen LogP contribution < -0.4 is 5.32 Å². The van der Waals surface area contributed by atoms with Crippen molar-refractivity contribution in [3.8, 4) is 0 Å². The number of carbonyl (C=O) groups is 1. The molecular formula is C12H17N3OS. The third-order valence-corrected chi connectivity index (χ3v) is 3.89. The van der Waals surface area contributed by atoms with E-state index in [4.69, 9.17) is 0 Å². The second-order valence-electron chi connectivity index (χ2n) is 4.07. The Morgan fingerprint density at radius 2 is 2.65 bits per heavy atom. The Kier molecular flexibility index (Phi) is 4.39. The van der Waals surface area contributed by atoms with E-state index >= 15 is 0 Å². The molecular weight excluding hydrogens is 234 g/mol. The highest BCUT2D eigenvalue weighted by Crippen LogP contribution is 2.25. The minimum atomic E-state index is 0.196. The highest BCUT2D eigenvalue weighted by Gasteiger charge is 2.20. The first-order valence-corrected chi connectivity index (χ1v) is 6.68. The Morgan fingerprint density at radius 1 is 1.76 bits per heavy atom. The molecule has 1 aliphatic rings. The molecule has 92 valence electrons. The van der Waals surface area contributed by atoms with Crippen LogP contribution in [0.1, 0.15) is 13.3 Å². The molecule has 0 radical (unpaired) electrons. The fourth-order valence-electron chi connectivity index (χ4n) is 1.92. The van der Waals surface area contributed by atoms with Gasteiger partial charge in [-0.3, -0.25) is 9.48 Å². The van der Waals surface area contributed by atoms with E-state index in [2.05, 4.69) is 16.5 Å². The number of carbonyl (C=O) groups excluding carboxylic acids is 1. The molecule has 1 unspecified atom stereocenters. The molecule has 1 aromatic rings. The summed E-state index contributed by atoms with van der Waals surface area (Å²) in [6, 6.07) is 1.92. The number of thioether (sulfide) groups is 1. The summed E-state index contributed by atoms with van der Waals surface area (Å²) in [6.07, 6.45) is 6.93. The second kappa shape index (κ2) is 6.02. The largest absolute Gasteiger partial charge is 0.313 e. The summed E-state index contributed by atoms with van der Waals surface area (Å²) in [4.78, 5) is 11.2. The molecule has 5 heteroatoms. The molecule has 1 atom stereocenters. The smallest absolute Gasteiger partial charge is 0.186 e. The lowest BCUT2D eigenvalue weighted by Gasteiger charge is -2.25. The zero-order chi connectivity index (χ0) is 12.1. The fourth-order valence-corrected chi connectivity index (χ4v) is 2.89. The van der Waals surface area contributed by atoms with E-state index in [1.54, 1.807) is 13.1 Å². The third-order valence-electron chi connectivity index (χ3n) is 2.73. The quantitative estimate of drug-likeness (QED) is 0.826. The molecule has 0 bridgehead atoms. The van der Waals surface area contributed by atoms with Crippen molar-refractivity contribution in [3.63, 3.8) is 0 Å². The van der Waals surface area contributed by atoms with Gasteiger partial charge in [0, 0.05) is 31.1 Å². The van der Waals surface area contributed by atoms with Crippen LogP contribution in [0.15, 0.2) is 30.1 Å². The molecule has 2 rings (SSSR count). The molecule has 0 amide bonds. The number of allylic oxidation sites excluding steroid dienone is 1. The van der Waals surface area contributed by atoms with Crippen LogP contribution in [0.2, 0.25) is 0 Å². The van der Waals surface area contributed by atoms with Gasteiger partial charge in [0.1, 0.15) is 0 Å². The van der Waals surface area contributed by atoms with E-state index in [9.17, 15) is 4.79 Å². The fraction of sp³-hybridized carbons (Fsp3) is 0.500. The van der Waals surface area contributed by atoms with Gasteiger partial charge in [0.2, 0.25) is 0 Å². The van der Waals surface area contributed by atoms with Crippen LogP contribution in [0.25, 0.3) is 0 Å². The summed E-state index contributed by atoms with van der Waals surface area (Å²) in [7, 11) is 0. The summed E-state index contributed by atoms with van der Waals surface area (Å²) in [5, 5.41) is 8.04. The van der Waals surface area contributed by atoms with Gasteiger partial charge in [-0.25, -0.2) is 0 Å². The number of rotatable bonds is 3. The standard InChI is InChI=1S/C12H17N3OS/c1-10(16)17-12-3-6-13-9-11(12)4-8-15-7-2-5-14-15/h2,4-5,7,12-13H,3,6,8-9H2,1H3/b11-4+. The summed E-state index contributed by atoms with van der Waals surface area (Å²) in [6.45, 7) is 4.28. The van der Waals surface area contributed by atoms with E-state index in [1.807, 2.05) is 16.9 Å². The molecule has 1 aromatic heterocycles. The molecule has 1 aliphatic heterocycles. The van der Waals surface area contributed by atoms with Gasteiger partial charge in [-0.15, -0.1) is 0 Å². The summed E-state index contributed by atoms with van der Waals surface area (Å²) in [5.74, 6) is 0. The Balaban J connectivity index is 2.00. The maximum absolute atomic E-state index is 11.2. The number of piperidine rings is 1. The normalized spacial score (nSPS) is 22.9. The van der Waals surface area contributed by atoms with Gasteiger partial charge in [0.15, 0.2) is 5.12 Å². The SMILES string of the molecule is CC(=O)SC1CCNC/C1=C\Cn1cccn1. The average Bonchev–Trinajstić information content (AvgIpc) is 2.80. The number of nitrogens with zero attached hydrogens (tertiary/aromatic N) is 2. The van der Waals surface area contributed by atoms with Crippen LogP contribution in [0, 0.1) is 0 Å².